The number of carbonyl (C=O) groups is 1. The SMILES string of the molecule is CC(O)(CSc1ccc(C(F)(F)F)cc1)C(=O)Nc1ccc([N+](=O)[O-])cc1C(F)(F)F. The number of hydrogen-bond acceptors (Lipinski definition) is 5. The van der Waals surface area contributed by atoms with Crippen LogP contribution in [-0.4, -0.2) is 27.3 Å². The summed E-state index contributed by atoms with van der Waals surface area (Å²) >= 11 is 0.812. The Kier molecular flexibility index (Phi) is 6.90. The van der Waals surface area contributed by atoms with Crippen molar-refractivity contribution in [3.63, 3.8) is 0 Å². The van der Waals surface area contributed by atoms with Crippen molar-refractivity contribution >= 4 is 29.0 Å². The maximum atomic E-state index is 13.2. The molecule has 13 heteroatoms. The molecule has 6 nitrogen and oxygen atoms in total. The number of nitrogens with one attached hydrogen (secondary N) is 1. The number of alkyl halides is 6. The van der Waals surface area contributed by atoms with E-state index in [9.17, 15) is 46.4 Å². The Balaban J connectivity index is 2.14. The summed E-state index contributed by atoms with van der Waals surface area (Å²) in [7, 11) is 0. The molecule has 2 N–H and O–H groups in total. The number of aliphatic hydroxyl groups is 1. The summed E-state index contributed by atoms with van der Waals surface area (Å²) in [6.45, 7) is 1.01. The van der Waals surface area contributed by atoms with Crippen molar-refractivity contribution in [3.8, 4) is 0 Å². The number of anilines is 1. The van der Waals surface area contributed by atoms with Gasteiger partial charge >= 0.3 is 12.4 Å². The number of nitro groups is 1. The van der Waals surface area contributed by atoms with Gasteiger partial charge in [0, 0.05) is 22.8 Å². The highest BCUT2D eigenvalue weighted by atomic mass is 32.2. The van der Waals surface area contributed by atoms with Crippen molar-refractivity contribution in [1.82, 2.24) is 0 Å². The smallest absolute Gasteiger partial charge is 0.379 e. The molecular formula is C18H14F6N2O4S. The molecule has 0 spiro atoms. The van der Waals surface area contributed by atoms with Gasteiger partial charge in [-0.05, 0) is 37.3 Å². The molecule has 0 fully saturated rings. The zero-order chi connectivity index (χ0) is 23.6. The molecule has 0 aromatic heterocycles. The third kappa shape index (κ3) is 6.34. The number of amides is 1. The van der Waals surface area contributed by atoms with Gasteiger partial charge in [-0.3, -0.25) is 14.9 Å². The van der Waals surface area contributed by atoms with Crippen LogP contribution >= 0.6 is 11.8 Å². The third-order valence-corrected chi connectivity index (χ3v) is 5.27. The van der Waals surface area contributed by atoms with Crippen LogP contribution in [0.3, 0.4) is 0 Å². The zero-order valence-electron chi connectivity index (χ0n) is 15.5. The van der Waals surface area contributed by atoms with E-state index in [1.54, 1.807) is 0 Å². The first kappa shape index (κ1) is 24.5. The maximum Gasteiger partial charge on any atom is 0.418 e. The standard InChI is InChI=1S/C18H14F6N2O4S/c1-16(28,9-31-12-5-2-10(3-6-12)17(19,20)21)15(27)25-14-7-4-11(26(29)30)8-13(14)18(22,23)24/h2-8,28H,9H2,1H3,(H,25,27). The van der Waals surface area contributed by atoms with Gasteiger partial charge in [0.05, 0.1) is 21.7 Å². The predicted molar refractivity (Wildman–Crippen MR) is 99.5 cm³/mol. The molecule has 0 bridgehead atoms. The lowest BCUT2D eigenvalue weighted by atomic mass is 10.1. The number of thioether (sulfide) groups is 1. The number of halogens is 6. The molecule has 0 heterocycles. The fourth-order valence-corrected chi connectivity index (χ4v) is 3.18. The van der Waals surface area contributed by atoms with Crippen LogP contribution in [-0.2, 0) is 17.1 Å². The zero-order valence-corrected chi connectivity index (χ0v) is 16.4. The molecule has 0 saturated heterocycles. The largest absolute Gasteiger partial charge is 0.418 e. The van der Waals surface area contributed by atoms with E-state index in [4.69, 9.17) is 0 Å². The average Bonchev–Trinajstić information content (AvgIpc) is 2.65. The normalized spacial score (nSPS) is 14.1. The second-order valence-corrected chi connectivity index (χ2v) is 7.57. The van der Waals surface area contributed by atoms with Gasteiger partial charge < -0.3 is 10.4 Å². The molecule has 2 rings (SSSR count). The van der Waals surface area contributed by atoms with E-state index in [2.05, 4.69) is 0 Å². The van der Waals surface area contributed by atoms with Crippen LogP contribution < -0.4 is 5.32 Å². The number of non-ortho nitro benzene ring substituents is 1. The molecule has 31 heavy (non-hydrogen) atoms. The average molecular weight is 468 g/mol. The highest BCUT2D eigenvalue weighted by Crippen LogP contribution is 2.37. The minimum absolute atomic E-state index is 0.251. The Morgan fingerprint density at radius 2 is 1.65 bits per heavy atom. The van der Waals surface area contributed by atoms with Crippen LogP contribution in [0.5, 0.6) is 0 Å². The monoisotopic (exact) mass is 468 g/mol. The lowest BCUT2D eigenvalue weighted by Gasteiger charge is -2.23. The van der Waals surface area contributed by atoms with Gasteiger partial charge in [-0.2, -0.15) is 26.3 Å². The molecule has 0 aliphatic rings. The van der Waals surface area contributed by atoms with E-state index in [1.807, 2.05) is 5.32 Å². The Labute approximate surface area is 175 Å². The molecule has 0 radical (unpaired) electrons. The van der Waals surface area contributed by atoms with E-state index >= 15 is 0 Å². The minimum Gasteiger partial charge on any atom is -0.379 e. The topological polar surface area (TPSA) is 92.5 Å². The van der Waals surface area contributed by atoms with Gasteiger partial charge in [0.2, 0.25) is 0 Å². The van der Waals surface area contributed by atoms with Crippen LogP contribution in [0, 0.1) is 10.1 Å². The molecule has 2 aromatic rings. The first-order valence-corrected chi connectivity index (χ1v) is 9.29. The summed E-state index contributed by atoms with van der Waals surface area (Å²) in [6, 6.07) is 5.57. The quantitative estimate of drug-likeness (QED) is 0.266. The molecular weight excluding hydrogens is 454 g/mol. The molecule has 1 unspecified atom stereocenters. The molecule has 2 aromatic carbocycles. The highest BCUT2D eigenvalue weighted by Gasteiger charge is 2.38. The summed E-state index contributed by atoms with van der Waals surface area (Å²) in [5.41, 5.74) is -6.20. The van der Waals surface area contributed by atoms with Crippen molar-refractivity contribution in [2.45, 2.75) is 29.8 Å². The second-order valence-electron chi connectivity index (χ2n) is 6.52. The highest BCUT2D eigenvalue weighted by molar-refractivity contribution is 7.99. The summed E-state index contributed by atoms with van der Waals surface area (Å²) < 4.78 is 77.3. The summed E-state index contributed by atoms with van der Waals surface area (Å²) in [5, 5.41) is 22.9. The number of benzene rings is 2. The number of nitrogens with zero attached hydrogens (tertiary/aromatic N) is 1. The van der Waals surface area contributed by atoms with Gasteiger partial charge in [-0.1, -0.05) is 0 Å². The van der Waals surface area contributed by atoms with Crippen LogP contribution in [0.4, 0.5) is 37.7 Å². The summed E-state index contributed by atoms with van der Waals surface area (Å²) in [5.74, 6) is -1.62. The van der Waals surface area contributed by atoms with E-state index in [-0.39, 0.29) is 11.0 Å². The van der Waals surface area contributed by atoms with Crippen LogP contribution in [0.25, 0.3) is 0 Å². The Morgan fingerprint density at radius 1 is 1.06 bits per heavy atom. The van der Waals surface area contributed by atoms with E-state index in [1.165, 1.54) is 0 Å². The van der Waals surface area contributed by atoms with Crippen molar-refractivity contribution in [1.29, 1.82) is 0 Å². The second kappa shape index (κ2) is 8.75. The van der Waals surface area contributed by atoms with E-state index in [0.717, 1.165) is 49.0 Å². The fourth-order valence-electron chi connectivity index (χ4n) is 2.28. The Hall–Kier alpha value is -2.80. The minimum atomic E-state index is -5.02. The molecule has 168 valence electrons. The van der Waals surface area contributed by atoms with Gasteiger partial charge in [-0.25, -0.2) is 0 Å². The van der Waals surface area contributed by atoms with E-state index in [0.29, 0.717) is 6.07 Å². The molecule has 0 aliphatic carbocycles. The van der Waals surface area contributed by atoms with Crippen LogP contribution in [0.2, 0.25) is 0 Å². The maximum absolute atomic E-state index is 13.2. The number of nitro benzene ring substituents is 1. The summed E-state index contributed by atoms with van der Waals surface area (Å²) in [6.07, 6.45) is -9.55. The fraction of sp³-hybridized carbons (Fsp3) is 0.278. The van der Waals surface area contributed by atoms with Crippen molar-refractivity contribution < 1.29 is 41.2 Å². The van der Waals surface area contributed by atoms with Crippen molar-refractivity contribution in [2.24, 2.45) is 0 Å². The number of carbonyl (C=O) groups excluding carboxylic acids is 1. The predicted octanol–water partition coefficient (Wildman–Crippen LogP) is 5.11. The van der Waals surface area contributed by atoms with Gasteiger partial charge in [0.1, 0.15) is 5.60 Å². The number of rotatable bonds is 6. The Bertz CT molecular complexity index is 974. The third-order valence-electron chi connectivity index (χ3n) is 3.96. The molecule has 0 saturated carbocycles. The lowest BCUT2D eigenvalue weighted by Crippen LogP contribution is -2.42. The first-order chi connectivity index (χ1) is 14.1. The van der Waals surface area contributed by atoms with Gasteiger partial charge in [-0.15, -0.1) is 11.8 Å². The van der Waals surface area contributed by atoms with Crippen LogP contribution in [0.1, 0.15) is 18.1 Å². The number of hydrogen-bond donors (Lipinski definition) is 2. The molecule has 1 amide bonds. The summed E-state index contributed by atoms with van der Waals surface area (Å²) in [4.78, 5) is 22.3. The van der Waals surface area contributed by atoms with Gasteiger partial charge in [0.25, 0.3) is 11.6 Å². The molecule has 1 atom stereocenters. The van der Waals surface area contributed by atoms with E-state index < -0.39 is 57.0 Å². The Morgan fingerprint density at radius 3 is 2.13 bits per heavy atom. The first-order valence-electron chi connectivity index (χ1n) is 8.31. The molecule has 0 aliphatic heterocycles. The van der Waals surface area contributed by atoms with Crippen molar-refractivity contribution in [2.75, 3.05) is 11.1 Å². The lowest BCUT2D eigenvalue weighted by molar-refractivity contribution is -0.385. The van der Waals surface area contributed by atoms with Gasteiger partial charge in [0.15, 0.2) is 0 Å². The van der Waals surface area contributed by atoms with Crippen molar-refractivity contribution in [3.05, 3.63) is 63.7 Å². The van der Waals surface area contributed by atoms with Crippen LogP contribution in [0.15, 0.2) is 47.4 Å².